The molecular weight excluding hydrogens is 576 g/mol. The van der Waals surface area contributed by atoms with Crippen LogP contribution in [0.3, 0.4) is 0 Å². The average molecular weight is 611 g/mol. The molecule has 1 fully saturated rings. The summed E-state index contributed by atoms with van der Waals surface area (Å²) in [6, 6.07) is 22.0. The fourth-order valence-corrected chi connectivity index (χ4v) is 7.22. The highest BCUT2D eigenvalue weighted by molar-refractivity contribution is 8.00. The van der Waals surface area contributed by atoms with Gasteiger partial charge in [-0.1, -0.05) is 48.5 Å². The molecule has 1 N–H and O–H groups in total. The Morgan fingerprint density at radius 2 is 1.89 bits per heavy atom. The predicted molar refractivity (Wildman–Crippen MR) is 170 cm³/mol. The Labute approximate surface area is 260 Å². The molecular formula is C34H34N4O5S. The van der Waals surface area contributed by atoms with Crippen LogP contribution in [0.1, 0.15) is 40.3 Å². The molecule has 0 saturated carbocycles. The molecule has 3 aliphatic rings. The zero-order valence-corrected chi connectivity index (χ0v) is 25.6. The normalized spacial score (nSPS) is 19.1. The molecule has 2 unspecified atom stereocenters. The number of benzene rings is 3. The minimum absolute atomic E-state index is 0.00504. The van der Waals surface area contributed by atoms with Crippen LogP contribution >= 0.6 is 11.8 Å². The fraction of sp³-hybridized carbons (Fsp3) is 0.324. The van der Waals surface area contributed by atoms with Crippen molar-refractivity contribution in [3.8, 4) is 28.4 Å². The molecule has 2 amide bonds. The summed E-state index contributed by atoms with van der Waals surface area (Å²) in [5, 5.41) is 7.97. The molecule has 3 aromatic carbocycles. The monoisotopic (exact) mass is 610 g/mol. The van der Waals surface area contributed by atoms with E-state index in [1.165, 1.54) is 11.8 Å². The van der Waals surface area contributed by atoms with Crippen LogP contribution < -0.4 is 19.7 Å². The summed E-state index contributed by atoms with van der Waals surface area (Å²) in [5.74, 6) is 1.77. The minimum Gasteiger partial charge on any atom is -0.454 e. The SMILES string of the molecule is Cc1cccc(-n2nc(-c3ccccc3)c3c2N(CC(=O)NCC2CCCO2)C(=O)CSC3c2ccc3c(c2)OCO3)c1C. The molecule has 0 spiro atoms. The second-order valence-corrected chi connectivity index (χ2v) is 12.4. The van der Waals surface area contributed by atoms with E-state index < -0.39 is 0 Å². The number of carbonyl (C=O) groups is 2. The molecule has 1 saturated heterocycles. The molecule has 1 aromatic heterocycles. The summed E-state index contributed by atoms with van der Waals surface area (Å²) in [6.07, 6.45) is 1.91. The van der Waals surface area contributed by atoms with E-state index in [0.717, 1.165) is 52.0 Å². The van der Waals surface area contributed by atoms with E-state index >= 15 is 0 Å². The van der Waals surface area contributed by atoms with E-state index in [2.05, 4.69) is 25.2 Å². The maximum Gasteiger partial charge on any atom is 0.240 e. The Balaban J connectivity index is 1.41. The molecule has 9 nitrogen and oxygen atoms in total. The quantitative estimate of drug-likeness (QED) is 0.302. The lowest BCUT2D eigenvalue weighted by molar-refractivity contribution is -0.123. The highest BCUT2D eigenvalue weighted by atomic mass is 32.2. The van der Waals surface area contributed by atoms with Crippen molar-refractivity contribution >= 4 is 29.4 Å². The highest BCUT2D eigenvalue weighted by Gasteiger charge is 2.38. The molecule has 4 heterocycles. The van der Waals surface area contributed by atoms with E-state index in [9.17, 15) is 9.59 Å². The number of ether oxygens (including phenoxy) is 3. The van der Waals surface area contributed by atoms with Gasteiger partial charge in [-0.2, -0.15) is 5.10 Å². The zero-order valence-electron chi connectivity index (χ0n) is 24.7. The van der Waals surface area contributed by atoms with Crippen LogP contribution in [0.15, 0.2) is 66.7 Å². The summed E-state index contributed by atoms with van der Waals surface area (Å²) in [7, 11) is 0. The number of aromatic nitrogens is 2. The number of fused-ring (bicyclic) bond motifs is 2. The molecule has 4 aromatic rings. The number of carbonyl (C=O) groups excluding carboxylic acids is 2. The standard InChI is InChI=1S/C34H34N4O5S/c1-21-8-6-12-26(22(21)2)38-34-31(32(36-38)23-9-4-3-5-10-23)33(24-13-14-27-28(16-24)43-20-42-27)44-19-30(40)37(34)18-29(39)35-17-25-11-7-15-41-25/h3-6,8-10,12-14,16,25,33H,7,11,15,17-20H2,1-2H3,(H,35,39). The topological polar surface area (TPSA) is 94.9 Å². The van der Waals surface area contributed by atoms with Gasteiger partial charge in [0.25, 0.3) is 0 Å². The second kappa shape index (κ2) is 12.0. The highest BCUT2D eigenvalue weighted by Crippen LogP contribution is 2.50. The Morgan fingerprint density at radius 3 is 2.70 bits per heavy atom. The van der Waals surface area contributed by atoms with Crippen molar-refractivity contribution in [3.05, 3.63) is 89.0 Å². The van der Waals surface area contributed by atoms with Crippen molar-refractivity contribution in [2.75, 3.05) is 37.1 Å². The van der Waals surface area contributed by atoms with Crippen LogP contribution in [0.25, 0.3) is 16.9 Å². The van der Waals surface area contributed by atoms with E-state index in [1.807, 2.05) is 65.3 Å². The Hall–Kier alpha value is -4.28. The third-order valence-electron chi connectivity index (χ3n) is 8.49. The van der Waals surface area contributed by atoms with Gasteiger partial charge in [-0.05, 0) is 61.6 Å². The first kappa shape index (κ1) is 28.5. The van der Waals surface area contributed by atoms with Gasteiger partial charge in [-0.15, -0.1) is 11.8 Å². The molecule has 3 aliphatic heterocycles. The van der Waals surface area contributed by atoms with Gasteiger partial charge in [0.15, 0.2) is 11.5 Å². The van der Waals surface area contributed by atoms with Crippen LogP contribution in [0, 0.1) is 13.8 Å². The molecule has 0 radical (unpaired) electrons. The van der Waals surface area contributed by atoms with Crippen molar-refractivity contribution in [3.63, 3.8) is 0 Å². The molecule has 0 aliphatic carbocycles. The molecule has 0 bridgehead atoms. The van der Waals surface area contributed by atoms with Crippen molar-refractivity contribution < 1.29 is 23.8 Å². The number of aryl methyl sites for hydroxylation is 1. The first-order chi connectivity index (χ1) is 21.5. The first-order valence-corrected chi connectivity index (χ1v) is 16.0. The van der Waals surface area contributed by atoms with Crippen LogP contribution in [0.5, 0.6) is 11.5 Å². The van der Waals surface area contributed by atoms with Gasteiger partial charge in [0.1, 0.15) is 12.4 Å². The van der Waals surface area contributed by atoms with Crippen LogP contribution in [-0.2, 0) is 14.3 Å². The Kier molecular flexibility index (Phi) is 7.78. The molecule has 44 heavy (non-hydrogen) atoms. The summed E-state index contributed by atoms with van der Waals surface area (Å²) in [6.45, 7) is 5.30. The first-order valence-electron chi connectivity index (χ1n) is 14.9. The van der Waals surface area contributed by atoms with Gasteiger partial charge >= 0.3 is 0 Å². The van der Waals surface area contributed by atoms with Crippen molar-refractivity contribution in [1.29, 1.82) is 0 Å². The number of hydrogen-bond acceptors (Lipinski definition) is 7. The third-order valence-corrected chi connectivity index (χ3v) is 9.75. The summed E-state index contributed by atoms with van der Waals surface area (Å²) < 4.78 is 18.9. The lowest BCUT2D eigenvalue weighted by Gasteiger charge is -2.24. The maximum absolute atomic E-state index is 14.0. The Bertz CT molecular complexity index is 1720. The lowest BCUT2D eigenvalue weighted by atomic mass is 9.99. The maximum atomic E-state index is 14.0. The summed E-state index contributed by atoms with van der Waals surface area (Å²) >= 11 is 1.53. The van der Waals surface area contributed by atoms with Gasteiger partial charge in [0, 0.05) is 24.3 Å². The number of thioether (sulfide) groups is 1. The van der Waals surface area contributed by atoms with Crippen molar-refractivity contribution in [2.45, 2.75) is 38.0 Å². The summed E-state index contributed by atoms with van der Waals surface area (Å²) in [4.78, 5) is 29.1. The predicted octanol–water partition coefficient (Wildman–Crippen LogP) is 5.35. The number of nitrogens with zero attached hydrogens (tertiary/aromatic N) is 3. The van der Waals surface area contributed by atoms with Crippen LogP contribution in [0.4, 0.5) is 5.82 Å². The smallest absolute Gasteiger partial charge is 0.240 e. The third kappa shape index (κ3) is 5.33. The van der Waals surface area contributed by atoms with Gasteiger partial charge in [0.05, 0.1) is 28.5 Å². The average Bonchev–Trinajstić information content (AvgIpc) is 3.80. The Morgan fingerprint density at radius 1 is 1.05 bits per heavy atom. The van der Waals surface area contributed by atoms with Gasteiger partial charge in [-0.25, -0.2) is 4.68 Å². The second-order valence-electron chi connectivity index (χ2n) is 11.3. The minimum atomic E-state index is -0.266. The van der Waals surface area contributed by atoms with Gasteiger partial charge < -0.3 is 19.5 Å². The molecule has 7 rings (SSSR count). The number of hydrogen-bond donors (Lipinski definition) is 1. The van der Waals surface area contributed by atoms with E-state index in [0.29, 0.717) is 30.5 Å². The molecule has 2 atom stereocenters. The zero-order chi connectivity index (χ0) is 30.2. The largest absolute Gasteiger partial charge is 0.454 e. The van der Waals surface area contributed by atoms with Crippen LogP contribution in [0.2, 0.25) is 0 Å². The molecule has 226 valence electrons. The fourth-order valence-electron chi connectivity index (χ4n) is 6.03. The van der Waals surface area contributed by atoms with E-state index in [1.54, 1.807) is 4.90 Å². The van der Waals surface area contributed by atoms with Crippen molar-refractivity contribution in [2.24, 2.45) is 0 Å². The van der Waals surface area contributed by atoms with Crippen molar-refractivity contribution in [1.82, 2.24) is 15.1 Å². The van der Waals surface area contributed by atoms with Gasteiger partial charge in [0.2, 0.25) is 18.6 Å². The molecule has 10 heteroatoms. The van der Waals surface area contributed by atoms with E-state index in [-0.39, 0.29) is 42.3 Å². The summed E-state index contributed by atoms with van der Waals surface area (Å²) in [5.41, 5.74) is 6.54. The number of rotatable bonds is 7. The number of nitrogens with one attached hydrogen (secondary N) is 1. The lowest BCUT2D eigenvalue weighted by Crippen LogP contribution is -2.44. The van der Waals surface area contributed by atoms with Gasteiger partial charge in [-0.3, -0.25) is 14.5 Å². The number of anilines is 1. The number of amides is 2. The van der Waals surface area contributed by atoms with Crippen LogP contribution in [-0.4, -0.2) is 59.9 Å². The van der Waals surface area contributed by atoms with E-state index in [4.69, 9.17) is 19.3 Å².